The summed E-state index contributed by atoms with van der Waals surface area (Å²) in [7, 11) is 0. The number of likely N-dealkylation sites (tertiary alicyclic amines) is 1. The van der Waals surface area contributed by atoms with E-state index in [0.717, 1.165) is 48.9 Å². The highest BCUT2D eigenvalue weighted by molar-refractivity contribution is 5.97. The van der Waals surface area contributed by atoms with Crippen LogP contribution < -0.4 is 0 Å². The number of hydrogen-bond acceptors (Lipinski definition) is 2. The van der Waals surface area contributed by atoms with E-state index in [4.69, 9.17) is 0 Å². The van der Waals surface area contributed by atoms with Crippen molar-refractivity contribution >= 4 is 5.91 Å². The minimum atomic E-state index is -0.0194. The van der Waals surface area contributed by atoms with Crippen LogP contribution in [-0.4, -0.2) is 35.1 Å². The van der Waals surface area contributed by atoms with Crippen LogP contribution in [0, 0.1) is 13.8 Å². The summed E-state index contributed by atoms with van der Waals surface area (Å²) >= 11 is 0. The smallest absolute Gasteiger partial charge is 0.254 e. The largest absolute Gasteiger partial charge is 0.394 e. The maximum absolute atomic E-state index is 12.8. The van der Waals surface area contributed by atoms with Crippen LogP contribution >= 0.6 is 0 Å². The fourth-order valence-electron chi connectivity index (χ4n) is 2.93. The number of amides is 1. The van der Waals surface area contributed by atoms with Crippen molar-refractivity contribution in [3.63, 3.8) is 0 Å². The SMILES string of the molecule is Cc1cccc(C)c1C(=O)N1CCCCCC1CO. The molecule has 1 aromatic carbocycles. The fraction of sp³-hybridized carbons (Fsp3) is 0.562. The fourth-order valence-corrected chi connectivity index (χ4v) is 2.93. The topological polar surface area (TPSA) is 40.5 Å². The van der Waals surface area contributed by atoms with Gasteiger partial charge in [-0.2, -0.15) is 0 Å². The number of benzene rings is 1. The lowest BCUT2D eigenvalue weighted by molar-refractivity contribution is 0.0598. The average molecular weight is 261 g/mol. The van der Waals surface area contributed by atoms with E-state index in [-0.39, 0.29) is 18.6 Å². The molecule has 0 aromatic heterocycles. The van der Waals surface area contributed by atoms with Crippen LogP contribution in [0.1, 0.15) is 47.2 Å². The lowest BCUT2D eigenvalue weighted by Gasteiger charge is -2.29. The number of rotatable bonds is 2. The van der Waals surface area contributed by atoms with E-state index >= 15 is 0 Å². The van der Waals surface area contributed by atoms with Crippen LogP contribution in [0.5, 0.6) is 0 Å². The molecular weight excluding hydrogens is 238 g/mol. The molecule has 104 valence electrons. The molecule has 1 heterocycles. The van der Waals surface area contributed by atoms with Crippen LogP contribution in [-0.2, 0) is 0 Å². The first kappa shape index (κ1) is 14.1. The number of carbonyl (C=O) groups excluding carboxylic acids is 1. The number of aryl methyl sites for hydroxylation is 2. The summed E-state index contributed by atoms with van der Waals surface area (Å²) in [6, 6.07) is 5.92. The highest BCUT2D eigenvalue weighted by Gasteiger charge is 2.27. The zero-order chi connectivity index (χ0) is 13.8. The number of carbonyl (C=O) groups is 1. The molecule has 0 aliphatic carbocycles. The van der Waals surface area contributed by atoms with Gasteiger partial charge in [-0.1, -0.05) is 31.0 Å². The molecule has 1 saturated heterocycles. The van der Waals surface area contributed by atoms with Gasteiger partial charge >= 0.3 is 0 Å². The molecule has 1 unspecified atom stereocenters. The molecule has 1 aliphatic rings. The molecule has 1 atom stereocenters. The molecule has 3 nitrogen and oxygen atoms in total. The first-order valence-electron chi connectivity index (χ1n) is 7.13. The van der Waals surface area contributed by atoms with Crippen LogP contribution in [0.25, 0.3) is 0 Å². The van der Waals surface area contributed by atoms with Crippen molar-refractivity contribution in [2.24, 2.45) is 0 Å². The summed E-state index contributed by atoms with van der Waals surface area (Å²) in [5.41, 5.74) is 2.85. The highest BCUT2D eigenvalue weighted by atomic mass is 16.3. The molecule has 1 aliphatic heterocycles. The van der Waals surface area contributed by atoms with Crippen molar-refractivity contribution < 1.29 is 9.90 Å². The maximum atomic E-state index is 12.8. The number of nitrogens with zero attached hydrogens (tertiary/aromatic N) is 1. The molecule has 19 heavy (non-hydrogen) atoms. The van der Waals surface area contributed by atoms with Gasteiger partial charge in [-0.3, -0.25) is 4.79 Å². The second-order valence-electron chi connectivity index (χ2n) is 5.45. The van der Waals surface area contributed by atoms with E-state index in [0.29, 0.717) is 0 Å². The number of aliphatic hydroxyl groups excluding tert-OH is 1. The Hall–Kier alpha value is -1.35. The molecule has 1 aromatic rings. The Balaban J connectivity index is 2.30. The van der Waals surface area contributed by atoms with Crippen molar-refractivity contribution in [1.29, 1.82) is 0 Å². The molecule has 0 saturated carbocycles. The molecule has 2 rings (SSSR count). The third-order valence-corrected chi connectivity index (χ3v) is 4.04. The Morgan fingerprint density at radius 1 is 1.26 bits per heavy atom. The predicted octanol–water partition coefficient (Wildman–Crippen LogP) is 2.68. The highest BCUT2D eigenvalue weighted by Crippen LogP contribution is 2.22. The molecular formula is C16H23NO2. The summed E-state index contributed by atoms with van der Waals surface area (Å²) in [5, 5.41) is 9.53. The van der Waals surface area contributed by atoms with Crippen molar-refractivity contribution in [3.8, 4) is 0 Å². The van der Waals surface area contributed by atoms with Crippen molar-refractivity contribution in [1.82, 2.24) is 4.90 Å². The van der Waals surface area contributed by atoms with E-state index in [2.05, 4.69) is 0 Å². The Bertz CT molecular complexity index is 436. The van der Waals surface area contributed by atoms with Gasteiger partial charge in [0.05, 0.1) is 12.6 Å². The summed E-state index contributed by atoms with van der Waals surface area (Å²) in [6.45, 7) is 4.78. The van der Waals surface area contributed by atoms with Gasteiger partial charge in [-0.15, -0.1) is 0 Å². The van der Waals surface area contributed by atoms with E-state index in [1.54, 1.807) is 0 Å². The van der Waals surface area contributed by atoms with E-state index in [1.807, 2.05) is 36.9 Å². The molecule has 0 bridgehead atoms. The third kappa shape index (κ3) is 2.98. The minimum Gasteiger partial charge on any atom is -0.394 e. The Morgan fingerprint density at radius 3 is 2.58 bits per heavy atom. The summed E-state index contributed by atoms with van der Waals surface area (Å²) in [4.78, 5) is 14.7. The van der Waals surface area contributed by atoms with Gasteiger partial charge < -0.3 is 10.0 Å². The minimum absolute atomic E-state index is 0.0194. The molecule has 0 spiro atoms. The van der Waals surface area contributed by atoms with Crippen LogP contribution in [0.2, 0.25) is 0 Å². The third-order valence-electron chi connectivity index (χ3n) is 4.04. The second-order valence-corrected chi connectivity index (χ2v) is 5.45. The zero-order valence-electron chi connectivity index (χ0n) is 11.9. The molecule has 0 radical (unpaired) electrons. The normalized spacial score (nSPS) is 20.2. The summed E-state index contributed by atoms with van der Waals surface area (Å²) in [6.07, 6.45) is 4.19. The molecule has 1 amide bonds. The number of aliphatic hydroxyl groups is 1. The van der Waals surface area contributed by atoms with Gasteiger partial charge in [0.2, 0.25) is 0 Å². The van der Waals surface area contributed by atoms with Gasteiger partial charge in [-0.05, 0) is 37.8 Å². The Labute approximate surface area is 115 Å². The molecule has 3 heteroatoms. The van der Waals surface area contributed by atoms with Gasteiger partial charge in [0.1, 0.15) is 0 Å². The van der Waals surface area contributed by atoms with Gasteiger partial charge in [0.25, 0.3) is 5.91 Å². The maximum Gasteiger partial charge on any atom is 0.254 e. The average Bonchev–Trinajstić information content (AvgIpc) is 2.63. The quantitative estimate of drug-likeness (QED) is 0.889. The Morgan fingerprint density at radius 2 is 1.95 bits per heavy atom. The van der Waals surface area contributed by atoms with Crippen LogP contribution in [0.4, 0.5) is 0 Å². The Kier molecular flexibility index (Phi) is 4.59. The first-order chi connectivity index (χ1) is 9.15. The van der Waals surface area contributed by atoms with E-state index in [1.165, 1.54) is 0 Å². The summed E-state index contributed by atoms with van der Waals surface area (Å²) < 4.78 is 0. The first-order valence-corrected chi connectivity index (χ1v) is 7.13. The van der Waals surface area contributed by atoms with Gasteiger partial charge in [-0.25, -0.2) is 0 Å². The molecule has 1 fully saturated rings. The van der Waals surface area contributed by atoms with E-state index in [9.17, 15) is 9.90 Å². The van der Waals surface area contributed by atoms with Gasteiger partial charge in [0.15, 0.2) is 0 Å². The van der Waals surface area contributed by atoms with Crippen molar-refractivity contribution in [2.75, 3.05) is 13.2 Å². The monoisotopic (exact) mass is 261 g/mol. The standard InChI is InChI=1S/C16H23NO2/c1-12-7-6-8-13(2)15(12)16(19)17-10-5-3-4-9-14(17)11-18/h6-8,14,18H,3-5,9-11H2,1-2H3. The summed E-state index contributed by atoms with van der Waals surface area (Å²) in [5.74, 6) is 0.0801. The van der Waals surface area contributed by atoms with Crippen molar-refractivity contribution in [2.45, 2.75) is 45.6 Å². The van der Waals surface area contributed by atoms with Crippen LogP contribution in [0.15, 0.2) is 18.2 Å². The van der Waals surface area contributed by atoms with Crippen molar-refractivity contribution in [3.05, 3.63) is 34.9 Å². The number of hydrogen-bond donors (Lipinski definition) is 1. The second kappa shape index (κ2) is 6.20. The lowest BCUT2D eigenvalue weighted by Crippen LogP contribution is -2.42. The van der Waals surface area contributed by atoms with Gasteiger partial charge in [0, 0.05) is 12.1 Å². The predicted molar refractivity (Wildman–Crippen MR) is 76.3 cm³/mol. The molecule has 1 N–H and O–H groups in total. The zero-order valence-corrected chi connectivity index (χ0v) is 11.9. The van der Waals surface area contributed by atoms with Crippen LogP contribution in [0.3, 0.4) is 0 Å². The lowest BCUT2D eigenvalue weighted by atomic mass is 10.0. The van der Waals surface area contributed by atoms with E-state index < -0.39 is 0 Å².